The Balaban J connectivity index is 2.79. The van der Waals surface area contributed by atoms with Crippen LogP contribution in [-0.4, -0.2) is 19.2 Å². The Kier molecular flexibility index (Phi) is 3.13. The number of phenolic OH excluding ortho intramolecular Hbond substituents is 1. The Morgan fingerprint density at radius 3 is 2.56 bits per heavy atom. The van der Waals surface area contributed by atoms with Crippen molar-refractivity contribution in [3.05, 3.63) is 39.2 Å². The van der Waals surface area contributed by atoms with E-state index in [4.69, 9.17) is 4.42 Å². The molecular weight excluding hydrogens is 230 g/mol. The summed E-state index contributed by atoms with van der Waals surface area (Å²) in [5, 5.41) is 11.0. The van der Waals surface area contributed by atoms with Crippen LogP contribution in [0.15, 0.2) is 21.3 Å². The van der Waals surface area contributed by atoms with Gasteiger partial charge in [0.1, 0.15) is 17.9 Å². The van der Waals surface area contributed by atoms with Crippen molar-refractivity contribution in [2.24, 2.45) is 0 Å². The lowest BCUT2D eigenvalue weighted by atomic mass is 10.0. The molecule has 1 heterocycles. The third-order valence-electron chi connectivity index (χ3n) is 3.07. The van der Waals surface area contributed by atoms with Crippen LogP contribution in [0.3, 0.4) is 0 Å². The van der Waals surface area contributed by atoms with Crippen LogP contribution in [0, 0.1) is 13.8 Å². The van der Waals surface area contributed by atoms with Crippen LogP contribution in [0.4, 0.5) is 0 Å². The maximum absolute atomic E-state index is 11.4. The van der Waals surface area contributed by atoms with Crippen molar-refractivity contribution >= 4 is 11.0 Å². The maximum Gasteiger partial charge on any atom is 0.336 e. The van der Waals surface area contributed by atoms with Crippen LogP contribution in [0.25, 0.3) is 11.0 Å². The molecule has 4 heteroatoms. The first-order valence-electron chi connectivity index (χ1n) is 5.95. The van der Waals surface area contributed by atoms with Crippen LogP contribution in [0.2, 0.25) is 0 Å². The summed E-state index contributed by atoms with van der Waals surface area (Å²) in [7, 11) is 4.05. The molecule has 1 aromatic heterocycles. The number of phenols is 1. The van der Waals surface area contributed by atoms with Crippen molar-refractivity contribution in [1.29, 1.82) is 0 Å². The monoisotopic (exact) mass is 248 g/mol. The van der Waals surface area contributed by atoms with Crippen molar-refractivity contribution in [1.82, 2.24) is 0 Å². The Labute approximate surface area is 105 Å². The van der Waals surface area contributed by atoms with Gasteiger partial charge in [-0.15, -0.1) is 0 Å². The topological polar surface area (TPSA) is 54.9 Å². The number of hydrogen-bond donors (Lipinski definition) is 2. The zero-order valence-corrected chi connectivity index (χ0v) is 11.1. The van der Waals surface area contributed by atoms with E-state index in [1.165, 1.54) is 11.0 Å². The Morgan fingerprint density at radius 1 is 1.28 bits per heavy atom. The molecule has 2 N–H and O–H groups in total. The lowest BCUT2D eigenvalue weighted by molar-refractivity contribution is -0.872. The van der Waals surface area contributed by atoms with Gasteiger partial charge in [0.2, 0.25) is 0 Å². The minimum absolute atomic E-state index is 0.220. The van der Waals surface area contributed by atoms with E-state index >= 15 is 0 Å². The summed E-state index contributed by atoms with van der Waals surface area (Å²) in [5.74, 6) is 0.220. The summed E-state index contributed by atoms with van der Waals surface area (Å²) in [6.07, 6.45) is 0. The quantitative estimate of drug-likeness (QED) is 0.771. The van der Waals surface area contributed by atoms with Gasteiger partial charge in [-0.2, -0.15) is 0 Å². The average molecular weight is 248 g/mol. The van der Waals surface area contributed by atoms with Crippen LogP contribution in [0.1, 0.15) is 16.7 Å². The largest absolute Gasteiger partial charge is 0.507 e. The number of nitrogens with one attached hydrogen (secondary N) is 1. The van der Waals surface area contributed by atoms with Crippen LogP contribution < -0.4 is 10.5 Å². The number of rotatable bonds is 2. The molecular formula is C14H18NO3+. The standard InChI is InChI=1S/C14H17NO3/c1-8-5-12(16)18-14-9(2)13(17)10(6-11(8)14)7-15(3)4/h5-6,17H,7H2,1-4H3/p+1. The van der Waals surface area contributed by atoms with Crippen molar-refractivity contribution in [2.75, 3.05) is 14.1 Å². The predicted octanol–water partition coefficient (Wildman–Crippen LogP) is 0.760. The van der Waals surface area contributed by atoms with Gasteiger partial charge >= 0.3 is 5.63 Å². The highest BCUT2D eigenvalue weighted by molar-refractivity contribution is 5.85. The lowest BCUT2D eigenvalue weighted by Gasteiger charge is -2.13. The Morgan fingerprint density at radius 2 is 1.94 bits per heavy atom. The Bertz CT molecular complexity index is 656. The molecule has 0 unspecified atom stereocenters. The van der Waals surface area contributed by atoms with E-state index in [2.05, 4.69) is 0 Å². The van der Waals surface area contributed by atoms with E-state index in [1.54, 1.807) is 6.92 Å². The zero-order chi connectivity index (χ0) is 13.4. The first-order chi connectivity index (χ1) is 8.40. The molecule has 0 aliphatic carbocycles. The fraction of sp³-hybridized carbons (Fsp3) is 0.357. The van der Waals surface area contributed by atoms with E-state index in [0.717, 1.165) is 23.1 Å². The number of hydrogen-bond acceptors (Lipinski definition) is 3. The van der Waals surface area contributed by atoms with Gasteiger partial charge in [-0.05, 0) is 25.5 Å². The molecule has 0 amide bonds. The molecule has 2 rings (SSSR count). The summed E-state index contributed by atoms with van der Waals surface area (Å²) < 4.78 is 5.19. The van der Waals surface area contributed by atoms with E-state index in [1.807, 2.05) is 27.1 Å². The van der Waals surface area contributed by atoms with Crippen LogP contribution in [-0.2, 0) is 6.54 Å². The molecule has 96 valence electrons. The first-order valence-corrected chi connectivity index (χ1v) is 5.95. The van der Waals surface area contributed by atoms with Gasteiger partial charge < -0.3 is 14.4 Å². The SMILES string of the molecule is Cc1cc(=O)oc2c(C)c(O)c(C[NH+](C)C)cc12. The Hall–Kier alpha value is -1.81. The molecule has 0 spiro atoms. The number of aromatic hydroxyl groups is 1. The molecule has 0 saturated carbocycles. The fourth-order valence-electron chi connectivity index (χ4n) is 2.18. The maximum atomic E-state index is 11.4. The van der Waals surface area contributed by atoms with Gasteiger partial charge in [-0.1, -0.05) is 0 Å². The number of quaternary nitrogens is 1. The van der Waals surface area contributed by atoms with Crippen molar-refractivity contribution in [3.8, 4) is 5.75 Å². The van der Waals surface area contributed by atoms with E-state index < -0.39 is 0 Å². The normalized spacial score (nSPS) is 11.4. The summed E-state index contributed by atoms with van der Waals surface area (Å²) in [4.78, 5) is 12.6. The highest BCUT2D eigenvalue weighted by atomic mass is 16.4. The molecule has 0 aliphatic rings. The second-order valence-corrected chi connectivity index (χ2v) is 5.02. The highest BCUT2D eigenvalue weighted by Crippen LogP contribution is 2.30. The van der Waals surface area contributed by atoms with Gasteiger partial charge in [-0.3, -0.25) is 0 Å². The number of benzene rings is 1. The first kappa shape index (κ1) is 12.6. The molecule has 18 heavy (non-hydrogen) atoms. The summed E-state index contributed by atoms with van der Waals surface area (Å²) in [6, 6.07) is 3.38. The van der Waals surface area contributed by atoms with Gasteiger partial charge in [0, 0.05) is 22.6 Å². The average Bonchev–Trinajstić information content (AvgIpc) is 2.26. The molecule has 4 nitrogen and oxygen atoms in total. The van der Waals surface area contributed by atoms with E-state index in [0.29, 0.717) is 11.1 Å². The van der Waals surface area contributed by atoms with E-state index in [-0.39, 0.29) is 11.4 Å². The van der Waals surface area contributed by atoms with Crippen molar-refractivity contribution in [3.63, 3.8) is 0 Å². The number of fused-ring (bicyclic) bond motifs is 1. The fourth-order valence-corrected chi connectivity index (χ4v) is 2.18. The summed E-state index contributed by atoms with van der Waals surface area (Å²) in [5.41, 5.74) is 2.48. The molecule has 0 saturated heterocycles. The van der Waals surface area contributed by atoms with Gasteiger partial charge in [0.15, 0.2) is 0 Å². The zero-order valence-electron chi connectivity index (χ0n) is 11.1. The molecule has 0 fully saturated rings. The third kappa shape index (κ3) is 2.11. The van der Waals surface area contributed by atoms with Crippen LogP contribution in [0.5, 0.6) is 5.75 Å². The smallest absolute Gasteiger partial charge is 0.336 e. The second-order valence-electron chi connectivity index (χ2n) is 5.02. The molecule has 0 aliphatic heterocycles. The summed E-state index contributed by atoms with van der Waals surface area (Å²) in [6.45, 7) is 4.37. The second kappa shape index (κ2) is 4.46. The predicted molar refractivity (Wildman–Crippen MR) is 70.1 cm³/mol. The van der Waals surface area contributed by atoms with Gasteiger partial charge in [0.05, 0.1) is 14.1 Å². The van der Waals surface area contributed by atoms with E-state index in [9.17, 15) is 9.90 Å². The van der Waals surface area contributed by atoms with Crippen molar-refractivity contribution < 1.29 is 14.4 Å². The van der Waals surface area contributed by atoms with Gasteiger partial charge in [0.25, 0.3) is 0 Å². The molecule has 0 bridgehead atoms. The highest BCUT2D eigenvalue weighted by Gasteiger charge is 2.15. The summed E-state index contributed by atoms with van der Waals surface area (Å²) >= 11 is 0. The minimum Gasteiger partial charge on any atom is -0.507 e. The number of aryl methyl sites for hydroxylation is 2. The molecule has 0 radical (unpaired) electrons. The molecule has 0 atom stereocenters. The lowest BCUT2D eigenvalue weighted by Crippen LogP contribution is -3.04. The molecule has 1 aromatic carbocycles. The molecule has 2 aromatic rings. The van der Waals surface area contributed by atoms with Crippen LogP contribution >= 0.6 is 0 Å². The van der Waals surface area contributed by atoms with Gasteiger partial charge in [-0.25, -0.2) is 4.79 Å². The third-order valence-corrected chi connectivity index (χ3v) is 3.07. The minimum atomic E-state index is -0.381. The van der Waals surface area contributed by atoms with Crippen molar-refractivity contribution in [2.45, 2.75) is 20.4 Å².